The Balaban J connectivity index is 1.57. The molecule has 0 bridgehead atoms. The van der Waals surface area contributed by atoms with Gasteiger partial charge in [-0.05, 0) is 18.6 Å². The van der Waals surface area contributed by atoms with E-state index < -0.39 is 0 Å². The summed E-state index contributed by atoms with van der Waals surface area (Å²) in [7, 11) is 0. The summed E-state index contributed by atoms with van der Waals surface area (Å²) in [4.78, 5) is 6.35. The van der Waals surface area contributed by atoms with Gasteiger partial charge in [-0.15, -0.1) is 0 Å². The van der Waals surface area contributed by atoms with E-state index in [-0.39, 0.29) is 11.9 Å². The standard InChI is InChI=1S/C15H12FN5O/c16-11-1-2-14-13(5-11)19-15(22-14)20-4-3-12(9-20)21-8-10(6-17)7-18-21/h1-2,5,7-8,12H,3-4,9H2. The number of hydrogen-bond acceptors (Lipinski definition) is 5. The van der Waals surface area contributed by atoms with E-state index in [9.17, 15) is 4.39 Å². The predicted octanol–water partition coefficient (Wildman–Crippen LogP) is 2.49. The molecule has 7 heteroatoms. The van der Waals surface area contributed by atoms with Gasteiger partial charge in [0.1, 0.15) is 17.4 Å². The second kappa shape index (κ2) is 4.84. The number of oxazole rings is 1. The molecular weight excluding hydrogens is 285 g/mol. The molecule has 0 N–H and O–H groups in total. The topological polar surface area (TPSA) is 70.9 Å². The Bertz CT molecular complexity index is 878. The van der Waals surface area contributed by atoms with Crippen molar-refractivity contribution in [2.75, 3.05) is 18.0 Å². The number of fused-ring (bicyclic) bond motifs is 1. The van der Waals surface area contributed by atoms with E-state index in [1.54, 1.807) is 23.1 Å². The van der Waals surface area contributed by atoms with Crippen molar-refractivity contribution in [2.45, 2.75) is 12.5 Å². The molecule has 4 rings (SSSR count). The van der Waals surface area contributed by atoms with Crippen LogP contribution < -0.4 is 4.90 Å². The molecule has 3 aromatic rings. The lowest BCUT2D eigenvalue weighted by molar-refractivity contribution is 0.490. The normalized spacial score (nSPS) is 18.0. The fourth-order valence-corrected chi connectivity index (χ4v) is 2.75. The van der Waals surface area contributed by atoms with Gasteiger partial charge in [-0.1, -0.05) is 0 Å². The van der Waals surface area contributed by atoms with Crippen LogP contribution in [0.15, 0.2) is 35.0 Å². The second-order valence-electron chi connectivity index (χ2n) is 5.32. The fraction of sp³-hybridized carbons (Fsp3) is 0.267. The van der Waals surface area contributed by atoms with Crippen LogP contribution in [0.3, 0.4) is 0 Å². The Kier molecular flexibility index (Phi) is 2.82. The van der Waals surface area contributed by atoms with Gasteiger partial charge in [0.2, 0.25) is 0 Å². The molecule has 1 aliphatic heterocycles. The molecule has 0 amide bonds. The zero-order valence-corrected chi connectivity index (χ0v) is 11.6. The summed E-state index contributed by atoms with van der Waals surface area (Å²) in [6, 6.07) is 7.05. The first-order chi connectivity index (χ1) is 10.7. The monoisotopic (exact) mass is 297 g/mol. The highest BCUT2D eigenvalue weighted by Crippen LogP contribution is 2.29. The minimum atomic E-state index is -0.327. The molecule has 0 aliphatic carbocycles. The molecule has 1 aliphatic rings. The molecule has 110 valence electrons. The maximum absolute atomic E-state index is 13.2. The molecule has 0 radical (unpaired) electrons. The summed E-state index contributed by atoms with van der Waals surface area (Å²) in [5, 5.41) is 13.1. The van der Waals surface area contributed by atoms with Crippen molar-refractivity contribution >= 4 is 17.1 Å². The molecule has 3 heterocycles. The fourth-order valence-electron chi connectivity index (χ4n) is 2.75. The van der Waals surface area contributed by atoms with Crippen molar-refractivity contribution < 1.29 is 8.81 Å². The smallest absolute Gasteiger partial charge is 0.298 e. The van der Waals surface area contributed by atoms with E-state index in [0.29, 0.717) is 29.2 Å². The number of rotatable bonds is 2. The van der Waals surface area contributed by atoms with Crippen LogP contribution in [-0.4, -0.2) is 27.9 Å². The lowest BCUT2D eigenvalue weighted by Crippen LogP contribution is -2.21. The van der Waals surface area contributed by atoms with Crippen LogP contribution in [0.1, 0.15) is 18.0 Å². The highest BCUT2D eigenvalue weighted by molar-refractivity contribution is 5.74. The number of anilines is 1. The van der Waals surface area contributed by atoms with Crippen LogP contribution in [0.4, 0.5) is 10.4 Å². The lowest BCUT2D eigenvalue weighted by Gasteiger charge is -2.13. The van der Waals surface area contributed by atoms with Crippen molar-refractivity contribution in [2.24, 2.45) is 0 Å². The molecule has 22 heavy (non-hydrogen) atoms. The molecule has 2 aromatic heterocycles. The van der Waals surface area contributed by atoms with Gasteiger partial charge >= 0.3 is 0 Å². The zero-order valence-electron chi connectivity index (χ0n) is 11.6. The summed E-state index contributed by atoms with van der Waals surface area (Å²) in [5.41, 5.74) is 1.64. The quantitative estimate of drug-likeness (QED) is 0.726. The molecule has 0 saturated carbocycles. The van der Waals surface area contributed by atoms with E-state index in [4.69, 9.17) is 9.68 Å². The van der Waals surface area contributed by atoms with E-state index in [2.05, 4.69) is 16.2 Å². The number of nitriles is 1. The molecule has 1 aromatic carbocycles. The zero-order chi connectivity index (χ0) is 15.1. The molecule has 0 spiro atoms. The number of halogens is 1. The Hall–Kier alpha value is -2.88. The molecule has 6 nitrogen and oxygen atoms in total. The van der Waals surface area contributed by atoms with E-state index in [1.165, 1.54) is 12.1 Å². The lowest BCUT2D eigenvalue weighted by atomic mass is 10.3. The van der Waals surface area contributed by atoms with Crippen LogP contribution in [-0.2, 0) is 0 Å². The van der Waals surface area contributed by atoms with Gasteiger partial charge in [0, 0.05) is 25.4 Å². The predicted molar refractivity (Wildman–Crippen MR) is 76.8 cm³/mol. The summed E-state index contributed by atoms with van der Waals surface area (Å²) in [6.45, 7) is 1.48. The highest BCUT2D eigenvalue weighted by Gasteiger charge is 2.27. The Labute approximate surface area is 125 Å². The summed E-state index contributed by atoms with van der Waals surface area (Å²) in [6.07, 6.45) is 4.19. The van der Waals surface area contributed by atoms with E-state index >= 15 is 0 Å². The van der Waals surface area contributed by atoms with Gasteiger partial charge in [-0.2, -0.15) is 15.3 Å². The van der Waals surface area contributed by atoms with Gasteiger partial charge in [0.05, 0.1) is 17.8 Å². The first kappa shape index (κ1) is 12.8. The summed E-state index contributed by atoms with van der Waals surface area (Å²) in [5.74, 6) is -0.327. The van der Waals surface area contributed by atoms with Crippen LogP contribution in [0.2, 0.25) is 0 Å². The van der Waals surface area contributed by atoms with Crippen molar-refractivity contribution in [3.05, 3.63) is 42.0 Å². The number of benzene rings is 1. The van der Waals surface area contributed by atoms with Gasteiger partial charge in [-0.25, -0.2) is 4.39 Å². The van der Waals surface area contributed by atoms with Crippen LogP contribution in [0.5, 0.6) is 0 Å². The van der Waals surface area contributed by atoms with Crippen molar-refractivity contribution in [1.29, 1.82) is 5.26 Å². The van der Waals surface area contributed by atoms with Crippen LogP contribution in [0, 0.1) is 17.1 Å². The SMILES string of the molecule is N#Cc1cnn(C2CCN(c3nc4cc(F)ccc4o3)C2)c1. The number of aromatic nitrogens is 3. The van der Waals surface area contributed by atoms with Gasteiger partial charge in [-0.3, -0.25) is 4.68 Å². The van der Waals surface area contributed by atoms with Gasteiger partial charge in [0.25, 0.3) is 6.01 Å². The number of nitrogens with zero attached hydrogens (tertiary/aromatic N) is 5. The Morgan fingerprint density at radius 3 is 3.14 bits per heavy atom. The third-order valence-electron chi connectivity index (χ3n) is 3.88. The van der Waals surface area contributed by atoms with E-state index in [1.807, 2.05) is 4.90 Å². The molecule has 1 atom stereocenters. The Morgan fingerprint density at radius 1 is 1.41 bits per heavy atom. The van der Waals surface area contributed by atoms with Crippen molar-refractivity contribution in [3.63, 3.8) is 0 Å². The Morgan fingerprint density at radius 2 is 2.32 bits per heavy atom. The molecular formula is C15H12FN5O. The molecule has 1 saturated heterocycles. The van der Waals surface area contributed by atoms with Crippen molar-refractivity contribution in [3.8, 4) is 6.07 Å². The third-order valence-corrected chi connectivity index (χ3v) is 3.88. The number of hydrogen-bond donors (Lipinski definition) is 0. The second-order valence-corrected chi connectivity index (χ2v) is 5.32. The molecule has 1 fully saturated rings. The van der Waals surface area contributed by atoms with E-state index in [0.717, 1.165) is 13.0 Å². The minimum Gasteiger partial charge on any atom is -0.423 e. The average Bonchev–Trinajstić information content (AvgIpc) is 3.24. The summed E-state index contributed by atoms with van der Waals surface area (Å²) >= 11 is 0. The first-order valence-corrected chi connectivity index (χ1v) is 6.98. The minimum absolute atomic E-state index is 0.175. The maximum atomic E-state index is 13.2. The van der Waals surface area contributed by atoms with Gasteiger partial charge in [0.15, 0.2) is 5.58 Å². The molecule has 1 unspecified atom stereocenters. The maximum Gasteiger partial charge on any atom is 0.298 e. The third kappa shape index (κ3) is 2.09. The van der Waals surface area contributed by atoms with Crippen LogP contribution in [0.25, 0.3) is 11.1 Å². The van der Waals surface area contributed by atoms with Crippen molar-refractivity contribution in [1.82, 2.24) is 14.8 Å². The highest BCUT2D eigenvalue weighted by atomic mass is 19.1. The average molecular weight is 297 g/mol. The summed E-state index contributed by atoms with van der Waals surface area (Å²) < 4.78 is 20.7. The van der Waals surface area contributed by atoms with Gasteiger partial charge < -0.3 is 9.32 Å². The first-order valence-electron chi connectivity index (χ1n) is 6.98. The van der Waals surface area contributed by atoms with Crippen LogP contribution >= 0.6 is 0 Å². The largest absolute Gasteiger partial charge is 0.423 e.